The first-order chi connectivity index (χ1) is 11.7. The zero-order valence-electron chi connectivity index (χ0n) is 15.1. The van der Waals surface area contributed by atoms with Crippen LogP contribution in [0.15, 0.2) is 24.3 Å². The number of esters is 1. The van der Waals surface area contributed by atoms with E-state index in [0.717, 1.165) is 0 Å². The van der Waals surface area contributed by atoms with Crippen molar-refractivity contribution in [3.63, 3.8) is 0 Å². The lowest BCUT2D eigenvalue weighted by Crippen LogP contribution is -2.52. The van der Waals surface area contributed by atoms with Crippen LogP contribution in [0.25, 0.3) is 0 Å². The highest BCUT2D eigenvalue weighted by molar-refractivity contribution is 6.31. The second-order valence-corrected chi connectivity index (χ2v) is 7.36. The number of rotatable bonds is 3. The zero-order valence-corrected chi connectivity index (χ0v) is 15.9. The number of hydrogen-bond donors (Lipinski definition) is 0. The summed E-state index contributed by atoms with van der Waals surface area (Å²) in [5, 5.41) is 0.521. The molecular formula is C18H25ClN2O4. The van der Waals surface area contributed by atoms with Crippen LogP contribution in [0.2, 0.25) is 5.02 Å². The van der Waals surface area contributed by atoms with Crippen molar-refractivity contribution in [1.82, 2.24) is 9.80 Å². The lowest BCUT2D eigenvalue weighted by molar-refractivity contribution is -0.148. The average Bonchev–Trinajstić information content (AvgIpc) is 2.55. The molecule has 0 aliphatic carbocycles. The summed E-state index contributed by atoms with van der Waals surface area (Å²) in [7, 11) is 1.36. The van der Waals surface area contributed by atoms with Crippen molar-refractivity contribution in [2.24, 2.45) is 0 Å². The van der Waals surface area contributed by atoms with Crippen LogP contribution in [0.1, 0.15) is 32.4 Å². The smallest absolute Gasteiger partial charge is 0.410 e. The van der Waals surface area contributed by atoms with Gasteiger partial charge in [0.05, 0.1) is 7.11 Å². The summed E-state index contributed by atoms with van der Waals surface area (Å²) in [6, 6.07) is 6.65. The van der Waals surface area contributed by atoms with Gasteiger partial charge in [-0.05, 0) is 32.4 Å². The Hall–Kier alpha value is -1.79. The fourth-order valence-corrected chi connectivity index (χ4v) is 3.01. The molecule has 1 unspecified atom stereocenters. The first-order valence-corrected chi connectivity index (χ1v) is 8.65. The number of hydrogen-bond acceptors (Lipinski definition) is 5. The van der Waals surface area contributed by atoms with Gasteiger partial charge in [-0.2, -0.15) is 0 Å². The molecule has 1 heterocycles. The Morgan fingerprint density at radius 3 is 2.24 bits per heavy atom. The SMILES string of the molecule is COC(=O)C(c1ccccc1Cl)N1CCN(C(=O)OC(C)(C)C)CC1. The monoisotopic (exact) mass is 368 g/mol. The highest BCUT2D eigenvalue weighted by atomic mass is 35.5. The van der Waals surface area contributed by atoms with Gasteiger partial charge in [-0.25, -0.2) is 9.59 Å². The van der Waals surface area contributed by atoms with Crippen molar-refractivity contribution < 1.29 is 19.1 Å². The van der Waals surface area contributed by atoms with E-state index in [1.807, 2.05) is 43.9 Å². The molecule has 0 radical (unpaired) electrons. The minimum Gasteiger partial charge on any atom is -0.468 e. The first kappa shape index (κ1) is 19.5. The van der Waals surface area contributed by atoms with E-state index in [2.05, 4.69) is 0 Å². The number of halogens is 1. The van der Waals surface area contributed by atoms with E-state index in [1.165, 1.54) is 7.11 Å². The number of benzene rings is 1. The summed E-state index contributed by atoms with van der Waals surface area (Å²) < 4.78 is 10.4. The lowest BCUT2D eigenvalue weighted by Gasteiger charge is -2.38. The maximum atomic E-state index is 12.3. The highest BCUT2D eigenvalue weighted by Gasteiger charge is 2.34. The minimum absolute atomic E-state index is 0.334. The molecule has 138 valence electrons. The third-order valence-electron chi connectivity index (χ3n) is 3.96. The van der Waals surface area contributed by atoms with Crippen LogP contribution >= 0.6 is 11.6 Å². The Bertz CT molecular complexity index is 622. The third kappa shape index (κ3) is 5.09. The predicted molar refractivity (Wildman–Crippen MR) is 95.6 cm³/mol. The Balaban J connectivity index is 2.09. The molecule has 1 atom stereocenters. The molecule has 0 spiro atoms. The van der Waals surface area contributed by atoms with Crippen LogP contribution in [-0.2, 0) is 14.3 Å². The Morgan fingerprint density at radius 1 is 1.12 bits per heavy atom. The Labute approximate surface area is 153 Å². The molecule has 2 rings (SSSR count). The molecule has 1 aliphatic heterocycles. The molecule has 0 bridgehead atoms. The summed E-state index contributed by atoms with van der Waals surface area (Å²) >= 11 is 6.27. The Kier molecular flexibility index (Phi) is 6.30. The third-order valence-corrected chi connectivity index (χ3v) is 4.30. The van der Waals surface area contributed by atoms with Crippen molar-refractivity contribution in [2.45, 2.75) is 32.4 Å². The van der Waals surface area contributed by atoms with Gasteiger partial charge in [0.2, 0.25) is 0 Å². The molecule has 0 aromatic heterocycles. The highest BCUT2D eigenvalue weighted by Crippen LogP contribution is 2.29. The molecular weight excluding hydrogens is 344 g/mol. The van der Waals surface area contributed by atoms with Crippen molar-refractivity contribution in [1.29, 1.82) is 0 Å². The fourth-order valence-electron chi connectivity index (χ4n) is 2.77. The Morgan fingerprint density at radius 2 is 1.72 bits per heavy atom. The maximum Gasteiger partial charge on any atom is 0.410 e. The largest absolute Gasteiger partial charge is 0.468 e. The van der Waals surface area contributed by atoms with E-state index in [0.29, 0.717) is 36.8 Å². The van der Waals surface area contributed by atoms with E-state index >= 15 is 0 Å². The number of amides is 1. The normalized spacial score (nSPS) is 17.1. The molecule has 6 nitrogen and oxygen atoms in total. The van der Waals surface area contributed by atoms with Crippen LogP contribution in [0.4, 0.5) is 4.79 Å². The number of methoxy groups -OCH3 is 1. The number of carbonyl (C=O) groups excluding carboxylic acids is 2. The fraction of sp³-hybridized carbons (Fsp3) is 0.556. The number of carbonyl (C=O) groups is 2. The van der Waals surface area contributed by atoms with Crippen LogP contribution in [-0.4, -0.2) is 60.8 Å². The van der Waals surface area contributed by atoms with Gasteiger partial charge in [0, 0.05) is 31.2 Å². The van der Waals surface area contributed by atoms with Gasteiger partial charge in [-0.3, -0.25) is 4.90 Å². The number of ether oxygens (including phenoxy) is 2. The summed E-state index contributed by atoms with van der Waals surface area (Å²) in [6.07, 6.45) is -0.334. The van der Waals surface area contributed by atoms with Crippen LogP contribution in [0.5, 0.6) is 0 Å². The molecule has 1 aromatic rings. The van der Waals surface area contributed by atoms with Crippen molar-refractivity contribution in [3.05, 3.63) is 34.9 Å². The minimum atomic E-state index is -0.584. The van der Waals surface area contributed by atoms with E-state index in [-0.39, 0.29) is 12.1 Å². The second kappa shape index (κ2) is 8.06. The molecule has 25 heavy (non-hydrogen) atoms. The van der Waals surface area contributed by atoms with Gasteiger partial charge in [0.25, 0.3) is 0 Å². The van der Waals surface area contributed by atoms with Gasteiger partial charge in [0.1, 0.15) is 11.6 Å². The molecule has 1 aromatic carbocycles. The molecule has 1 amide bonds. The molecule has 1 fully saturated rings. The van der Waals surface area contributed by atoms with Gasteiger partial charge in [0.15, 0.2) is 0 Å². The number of piperazine rings is 1. The summed E-state index contributed by atoms with van der Waals surface area (Å²) in [4.78, 5) is 28.2. The number of nitrogens with zero attached hydrogens (tertiary/aromatic N) is 2. The van der Waals surface area contributed by atoms with Gasteiger partial charge in [-0.15, -0.1) is 0 Å². The van der Waals surface area contributed by atoms with E-state index in [1.54, 1.807) is 11.0 Å². The molecule has 7 heteroatoms. The van der Waals surface area contributed by atoms with E-state index in [9.17, 15) is 9.59 Å². The van der Waals surface area contributed by atoms with Crippen LogP contribution in [0.3, 0.4) is 0 Å². The van der Waals surface area contributed by atoms with Gasteiger partial charge in [-0.1, -0.05) is 29.8 Å². The van der Waals surface area contributed by atoms with E-state index < -0.39 is 11.6 Å². The summed E-state index contributed by atoms with van der Waals surface area (Å²) in [5.74, 6) is -0.362. The maximum absolute atomic E-state index is 12.3. The predicted octanol–water partition coefficient (Wildman–Crippen LogP) is 3.11. The molecule has 1 aliphatic rings. The van der Waals surface area contributed by atoms with Crippen LogP contribution in [0, 0.1) is 0 Å². The van der Waals surface area contributed by atoms with Gasteiger partial charge >= 0.3 is 12.1 Å². The first-order valence-electron chi connectivity index (χ1n) is 8.27. The summed E-state index contributed by atoms with van der Waals surface area (Å²) in [6.45, 7) is 7.54. The lowest BCUT2D eigenvalue weighted by atomic mass is 10.0. The quantitative estimate of drug-likeness (QED) is 0.767. The molecule has 0 saturated carbocycles. The topological polar surface area (TPSA) is 59.1 Å². The van der Waals surface area contributed by atoms with Crippen molar-refractivity contribution >= 4 is 23.7 Å². The standard InChI is InChI=1S/C18H25ClN2O4/c1-18(2,3)25-17(23)21-11-9-20(10-12-21)15(16(22)24-4)13-7-5-6-8-14(13)19/h5-8,15H,9-12H2,1-4H3. The molecule has 0 N–H and O–H groups in total. The van der Waals surface area contributed by atoms with Crippen molar-refractivity contribution in [2.75, 3.05) is 33.3 Å². The summed E-state index contributed by atoms with van der Waals surface area (Å²) in [5.41, 5.74) is 0.182. The average molecular weight is 369 g/mol. The molecule has 1 saturated heterocycles. The van der Waals surface area contributed by atoms with Crippen LogP contribution < -0.4 is 0 Å². The van der Waals surface area contributed by atoms with Gasteiger partial charge < -0.3 is 14.4 Å². The van der Waals surface area contributed by atoms with E-state index in [4.69, 9.17) is 21.1 Å². The second-order valence-electron chi connectivity index (χ2n) is 6.95. The van der Waals surface area contributed by atoms with Crippen molar-refractivity contribution in [3.8, 4) is 0 Å². The zero-order chi connectivity index (χ0) is 18.6.